The molecule has 0 aliphatic heterocycles. The number of pyridine rings is 1. The van der Waals surface area contributed by atoms with Crippen molar-refractivity contribution in [3.05, 3.63) is 36.3 Å². The summed E-state index contributed by atoms with van der Waals surface area (Å²) in [4.78, 5) is 13.7. The highest BCUT2D eigenvalue weighted by Crippen LogP contribution is 2.26. The minimum absolute atomic E-state index is 0.650. The summed E-state index contributed by atoms with van der Waals surface area (Å²) < 4.78 is 0. The van der Waals surface area contributed by atoms with Gasteiger partial charge in [-0.25, -0.2) is 9.97 Å². The van der Waals surface area contributed by atoms with Crippen LogP contribution < -0.4 is 5.32 Å². The van der Waals surface area contributed by atoms with Crippen LogP contribution in [0.15, 0.2) is 40.5 Å². The number of anilines is 1. The Kier molecular flexibility index (Phi) is 3.36. The van der Waals surface area contributed by atoms with Gasteiger partial charge in [0.25, 0.3) is 0 Å². The summed E-state index contributed by atoms with van der Waals surface area (Å²) in [6, 6.07) is 5.88. The van der Waals surface area contributed by atoms with Gasteiger partial charge in [-0.3, -0.25) is 4.98 Å². The SMILES string of the molecule is CNc1nc(C)cc(Sc2ccncc2)n1. The van der Waals surface area contributed by atoms with E-state index in [0.717, 1.165) is 15.6 Å². The molecule has 0 bridgehead atoms. The number of hydrogen-bond acceptors (Lipinski definition) is 5. The number of nitrogens with one attached hydrogen (secondary N) is 1. The molecule has 4 nitrogen and oxygen atoms in total. The molecule has 0 fully saturated rings. The molecule has 2 aromatic rings. The van der Waals surface area contributed by atoms with Crippen molar-refractivity contribution in [1.29, 1.82) is 0 Å². The second-order valence-electron chi connectivity index (χ2n) is 3.21. The summed E-state index contributed by atoms with van der Waals surface area (Å²) in [5.41, 5.74) is 0.955. The number of aromatic nitrogens is 3. The van der Waals surface area contributed by atoms with Crippen LogP contribution in [0.5, 0.6) is 0 Å². The van der Waals surface area contributed by atoms with E-state index >= 15 is 0 Å². The molecule has 0 aliphatic carbocycles. The third-order valence-electron chi connectivity index (χ3n) is 1.93. The fraction of sp³-hybridized carbons (Fsp3) is 0.182. The van der Waals surface area contributed by atoms with E-state index in [9.17, 15) is 0 Å². The van der Waals surface area contributed by atoms with Crippen LogP contribution in [0, 0.1) is 6.92 Å². The molecule has 0 aromatic carbocycles. The van der Waals surface area contributed by atoms with Crippen molar-refractivity contribution < 1.29 is 0 Å². The first-order valence-electron chi connectivity index (χ1n) is 4.89. The van der Waals surface area contributed by atoms with Crippen LogP contribution >= 0.6 is 11.8 Å². The Bertz CT molecular complexity index is 473. The van der Waals surface area contributed by atoms with Gasteiger partial charge in [0.05, 0.1) is 0 Å². The van der Waals surface area contributed by atoms with E-state index in [2.05, 4.69) is 20.3 Å². The summed E-state index contributed by atoms with van der Waals surface area (Å²) in [7, 11) is 1.82. The lowest BCUT2D eigenvalue weighted by atomic mass is 10.5. The monoisotopic (exact) mass is 232 g/mol. The second kappa shape index (κ2) is 4.94. The first-order chi connectivity index (χ1) is 7.78. The third-order valence-corrected chi connectivity index (χ3v) is 2.85. The van der Waals surface area contributed by atoms with Crippen molar-refractivity contribution in [3.8, 4) is 0 Å². The van der Waals surface area contributed by atoms with Gasteiger partial charge in [-0.05, 0) is 25.1 Å². The number of nitrogens with zero attached hydrogens (tertiary/aromatic N) is 3. The highest BCUT2D eigenvalue weighted by atomic mass is 32.2. The van der Waals surface area contributed by atoms with Gasteiger partial charge in [-0.1, -0.05) is 11.8 Å². The molecule has 16 heavy (non-hydrogen) atoms. The molecular weight excluding hydrogens is 220 g/mol. The maximum absolute atomic E-state index is 4.37. The van der Waals surface area contributed by atoms with Crippen LogP contribution in [0.1, 0.15) is 5.69 Å². The molecule has 0 saturated carbocycles. The van der Waals surface area contributed by atoms with Crippen molar-refractivity contribution in [2.45, 2.75) is 16.8 Å². The normalized spacial score (nSPS) is 10.1. The molecule has 2 rings (SSSR count). The van der Waals surface area contributed by atoms with Crippen LogP contribution in [-0.2, 0) is 0 Å². The maximum Gasteiger partial charge on any atom is 0.223 e. The summed E-state index contributed by atoms with van der Waals surface area (Å²) in [6.07, 6.45) is 3.55. The molecule has 0 unspecified atom stereocenters. The minimum atomic E-state index is 0.650. The molecule has 2 aromatic heterocycles. The van der Waals surface area contributed by atoms with Gasteiger partial charge in [0.2, 0.25) is 5.95 Å². The molecule has 2 heterocycles. The van der Waals surface area contributed by atoms with Crippen LogP contribution in [0.2, 0.25) is 0 Å². The fourth-order valence-corrected chi connectivity index (χ4v) is 2.09. The van der Waals surface area contributed by atoms with Gasteiger partial charge in [-0.15, -0.1) is 0 Å². The zero-order valence-corrected chi connectivity index (χ0v) is 9.95. The molecule has 82 valence electrons. The second-order valence-corrected chi connectivity index (χ2v) is 4.30. The lowest BCUT2D eigenvalue weighted by molar-refractivity contribution is 1.01. The quantitative estimate of drug-likeness (QED) is 0.823. The predicted octanol–water partition coefficient (Wildman–Crippen LogP) is 2.37. The average Bonchev–Trinajstić information content (AvgIpc) is 2.29. The topological polar surface area (TPSA) is 50.7 Å². The van der Waals surface area contributed by atoms with Gasteiger partial charge in [0, 0.05) is 30.0 Å². The Morgan fingerprint density at radius 1 is 1.19 bits per heavy atom. The van der Waals surface area contributed by atoms with Crippen molar-refractivity contribution in [3.63, 3.8) is 0 Å². The lowest BCUT2D eigenvalue weighted by Crippen LogP contribution is -1.98. The summed E-state index contributed by atoms with van der Waals surface area (Å²) in [5, 5.41) is 3.88. The van der Waals surface area contributed by atoms with Gasteiger partial charge in [-0.2, -0.15) is 0 Å². The number of hydrogen-bond donors (Lipinski definition) is 1. The van der Waals surface area contributed by atoms with E-state index in [0.29, 0.717) is 5.95 Å². The number of rotatable bonds is 3. The van der Waals surface area contributed by atoms with E-state index < -0.39 is 0 Å². The summed E-state index contributed by atoms with van der Waals surface area (Å²) in [5.74, 6) is 0.650. The largest absolute Gasteiger partial charge is 0.357 e. The molecular formula is C11H12N4S. The van der Waals surface area contributed by atoms with Crippen LogP contribution in [0.3, 0.4) is 0 Å². The first-order valence-corrected chi connectivity index (χ1v) is 5.71. The van der Waals surface area contributed by atoms with Gasteiger partial charge >= 0.3 is 0 Å². The van der Waals surface area contributed by atoms with E-state index in [1.54, 1.807) is 24.2 Å². The van der Waals surface area contributed by atoms with Crippen molar-refractivity contribution in [2.75, 3.05) is 12.4 Å². The average molecular weight is 232 g/mol. The zero-order valence-electron chi connectivity index (χ0n) is 9.14. The van der Waals surface area contributed by atoms with Crippen molar-refractivity contribution in [2.24, 2.45) is 0 Å². The molecule has 0 spiro atoms. The smallest absolute Gasteiger partial charge is 0.223 e. The van der Waals surface area contributed by atoms with Gasteiger partial charge in [0.1, 0.15) is 5.03 Å². The molecule has 0 atom stereocenters. The van der Waals surface area contributed by atoms with E-state index in [1.807, 2.05) is 32.2 Å². The Labute approximate surface area is 98.6 Å². The highest BCUT2D eigenvalue weighted by molar-refractivity contribution is 7.99. The van der Waals surface area contributed by atoms with E-state index in [1.165, 1.54) is 0 Å². The third kappa shape index (κ3) is 2.70. The van der Waals surface area contributed by atoms with E-state index in [-0.39, 0.29) is 0 Å². The molecule has 0 saturated heterocycles. The molecule has 5 heteroatoms. The Morgan fingerprint density at radius 3 is 2.62 bits per heavy atom. The Morgan fingerprint density at radius 2 is 1.94 bits per heavy atom. The van der Waals surface area contributed by atoms with Crippen molar-refractivity contribution >= 4 is 17.7 Å². The zero-order chi connectivity index (χ0) is 11.4. The Balaban J connectivity index is 2.24. The Hall–Kier alpha value is -1.62. The van der Waals surface area contributed by atoms with Crippen LogP contribution in [0.4, 0.5) is 5.95 Å². The van der Waals surface area contributed by atoms with Gasteiger partial charge < -0.3 is 5.32 Å². The summed E-state index contributed by atoms with van der Waals surface area (Å²) >= 11 is 1.60. The van der Waals surface area contributed by atoms with Crippen LogP contribution in [-0.4, -0.2) is 22.0 Å². The van der Waals surface area contributed by atoms with Crippen LogP contribution in [0.25, 0.3) is 0 Å². The van der Waals surface area contributed by atoms with Crippen molar-refractivity contribution in [1.82, 2.24) is 15.0 Å². The standard InChI is InChI=1S/C11H12N4S/c1-8-7-10(15-11(12-2)14-8)16-9-3-5-13-6-4-9/h3-7H,1-2H3,(H,12,14,15). The molecule has 0 aliphatic rings. The first kappa shape index (κ1) is 10.9. The minimum Gasteiger partial charge on any atom is -0.357 e. The maximum atomic E-state index is 4.37. The predicted molar refractivity (Wildman–Crippen MR) is 64.7 cm³/mol. The van der Waals surface area contributed by atoms with Gasteiger partial charge in [0.15, 0.2) is 0 Å². The molecule has 1 N–H and O–H groups in total. The summed E-state index contributed by atoms with van der Waals surface area (Å²) in [6.45, 7) is 1.96. The molecule has 0 amide bonds. The highest BCUT2D eigenvalue weighted by Gasteiger charge is 2.02. The fourth-order valence-electron chi connectivity index (χ4n) is 1.23. The van der Waals surface area contributed by atoms with E-state index in [4.69, 9.17) is 0 Å². The molecule has 0 radical (unpaired) electrons. The number of aryl methyl sites for hydroxylation is 1. The lowest BCUT2D eigenvalue weighted by Gasteiger charge is -2.04.